The van der Waals surface area contributed by atoms with Crippen LogP contribution in [0.25, 0.3) is 0 Å². The van der Waals surface area contributed by atoms with Gasteiger partial charge in [0.05, 0.1) is 0 Å². The van der Waals surface area contributed by atoms with Gasteiger partial charge in [0.2, 0.25) is 0 Å². The molecule has 0 heterocycles. The standard InChI is InChI=1S/C3H3I3O/c4-3(5,6)1-2-7/h2H,1H2. The first-order chi connectivity index (χ1) is 3.06. The first-order valence-corrected chi connectivity index (χ1v) is 4.80. The molecule has 0 atom stereocenters. The van der Waals surface area contributed by atoms with E-state index < -0.39 is 0 Å². The van der Waals surface area contributed by atoms with E-state index in [-0.39, 0.29) is -0.565 Å². The average Bonchev–Trinajstić information content (AvgIpc) is 1.30. The SMILES string of the molecule is O=CCC(I)(I)I. The molecule has 0 aliphatic carbocycles. The molecule has 1 nitrogen and oxygen atoms in total. The van der Waals surface area contributed by atoms with E-state index in [9.17, 15) is 4.79 Å². The molecule has 0 saturated heterocycles. The first kappa shape index (κ1) is 8.86. The molecule has 0 fully saturated rings. The lowest BCUT2D eigenvalue weighted by Crippen LogP contribution is -1.97. The maximum absolute atomic E-state index is 9.81. The summed E-state index contributed by atoms with van der Waals surface area (Å²) in [6, 6.07) is 0. The lowest BCUT2D eigenvalue weighted by molar-refractivity contribution is -0.107. The molecule has 42 valence electrons. The second kappa shape index (κ2) is 3.80. The number of hydrogen-bond acceptors (Lipinski definition) is 1. The smallest absolute Gasteiger partial charge is 0.131 e. The highest BCUT2D eigenvalue weighted by Crippen LogP contribution is 2.37. The number of carbonyl (C=O) groups is 1. The fourth-order valence-corrected chi connectivity index (χ4v) is 0.634. The summed E-state index contributed by atoms with van der Waals surface area (Å²) in [5.41, 5.74) is 0. The number of rotatable bonds is 2. The van der Waals surface area contributed by atoms with Crippen LogP contribution in [-0.2, 0) is 4.79 Å². The van der Waals surface area contributed by atoms with Crippen molar-refractivity contribution in [3.8, 4) is 0 Å². The lowest BCUT2D eigenvalue weighted by Gasteiger charge is -2.03. The number of alkyl halides is 3. The Bertz CT molecular complexity index is 65.1. The molecule has 0 amide bonds. The topological polar surface area (TPSA) is 17.1 Å². The number of halogens is 3. The number of carbonyl (C=O) groups excluding carboxylic acids is 1. The van der Waals surface area contributed by atoms with E-state index in [1.807, 2.05) is 0 Å². The van der Waals surface area contributed by atoms with Gasteiger partial charge in [-0.15, -0.1) is 0 Å². The zero-order valence-corrected chi connectivity index (χ0v) is 9.80. The van der Waals surface area contributed by atoms with Crippen LogP contribution in [0.5, 0.6) is 0 Å². The van der Waals surface area contributed by atoms with Crippen LogP contribution in [0.4, 0.5) is 0 Å². The Morgan fingerprint density at radius 1 is 1.43 bits per heavy atom. The zero-order chi connectivity index (χ0) is 5.91. The summed E-state index contributed by atoms with van der Waals surface area (Å²) in [6.45, 7) is 0. The third-order valence-corrected chi connectivity index (χ3v) is 1.64. The Hall–Kier alpha value is 1.86. The summed E-state index contributed by atoms with van der Waals surface area (Å²) in [6.07, 6.45) is 1.56. The maximum Gasteiger partial charge on any atom is 0.131 e. The van der Waals surface area contributed by atoms with Crippen LogP contribution >= 0.6 is 67.8 Å². The molecular formula is C3H3I3O. The third kappa shape index (κ3) is 7.86. The van der Waals surface area contributed by atoms with E-state index in [4.69, 9.17) is 0 Å². The van der Waals surface area contributed by atoms with Crippen molar-refractivity contribution in [1.82, 2.24) is 0 Å². The third-order valence-electron chi connectivity index (χ3n) is 0.315. The Morgan fingerprint density at radius 3 is 1.86 bits per heavy atom. The van der Waals surface area contributed by atoms with Crippen LogP contribution in [0.1, 0.15) is 6.42 Å². The lowest BCUT2D eigenvalue weighted by atomic mass is 10.6. The molecule has 0 rings (SSSR count). The van der Waals surface area contributed by atoms with Gasteiger partial charge in [-0.25, -0.2) is 0 Å². The Labute approximate surface area is 83.4 Å². The second-order valence-corrected chi connectivity index (χ2v) is 12.7. The van der Waals surface area contributed by atoms with Crippen molar-refractivity contribution in [2.75, 3.05) is 0 Å². The van der Waals surface area contributed by atoms with Gasteiger partial charge in [0.25, 0.3) is 0 Å². The average molecular weight is 436 g/mol. The zero-order valence-electron chi connectivity index (χ0n) is 3.33. The highest BCUT2D eigenvalue weighted by molar-refractivity contribution is 14.3. The molecule has 0 radical (unpaired) electrons. The minimum atomic E-state index is 0.0923. The first-order valence-electron chi connectivity index (χ1n) is 1.56. The van der Waals surface area contributed by atoms with Crippen LogP contribution < -0.4 is 0 Å². The highest BCUT2D eigenvalue weighted by Gasteiger charge is 2.14. The molecule has 0 spiro atoms. The molecule has 7 heavy (non-hydrogen) atoms. The van der Waals surface area contributed by atoms with Crippen molar-refractivity contribution in [3.05, 3.63) is 0 Å². The van der Waals surface area contributed by atoms with Gasteiger partial charge in [-0.05, 0) is 0 Å². The van der Waals surface area contributed by atoms with Crippen LogP contribution in [-0.4, -0.2) is 5.72 Å². The molecule has 0 N–H and O–H groups in total. The molecule has 0 aromatic carbocycles. The second-order valence-electron chi connectivity index (χ2n) is 0.986. The van der Waals surface area contributed by atoms with Crippen LogP contribution in [0.3, 0.4) is 0 Å². The van der Waals surface area contributed by atoms with Crippen molar-refractivity contribution >= 4 is 74.1 Å². The van der Waals surface area contributed by atoms with Crippen molar-refractivity contribution in [1.29, 1.82) is 0 Å². The van der Waals surface area contributed by atoms with Crippen molar-refractivity contribution in [3.63, 3.8) is 0 Å². The highest BCUT2D eigenvalue weighted by atomic mass is 127. The van der Waals surface area contributed by atoms with Crippen LogP contribution in [0, 0.1) is 0 Å². The molecule has 0 aromatic rings. The Balaban J connectivity index is 3.34. The quantitative estimate of drug-likeness (QED) is 0.370. The van der Waals surface area contributed by atoms with E-state index >= 15 is 0 Å². The molecule has 0 bridgehead atoms. The predicted octanol–water partition coefficient (Wildman–Crippen LogP) is 2.53. The Morgan fingerprint density at radius 2 is 1.86 bits per heavy atom. The van der Waals surface area contributed by atoms with Crippen LogP contribution in [0.2, 0.25) is 0 Å². The van der Waals surface area contributed by atoms with Gasteiger partial charge < -0.3 is 4.79 Å². The van der Waals surface area contributed by atoms with Gasteiger partial charge in [0.1, 0.15) is 5.72 Å². The van der Waals surface area contributed by atoms with Crippen LogP contribution in [0.15, 0.2) is 0 Å². The fraction of sp³-hybridized carbons (Fsp3) is 0.667. The number of hydrogen-bond donors (Lipinski definition) is 0. The van der Waals surface area contributed by atoms with Crippen molar-refractivity contribution in [2.24, 2.45) is 0 Å². The minimum absolute atomic E-state index is 0.0923. The molecular weight excluding hydrogens is 433 g/mol. The summed E-state index contributed by atoms with van der Waals surface area (Å²) in [4.78, 5) is 9.81. The summed E-state index contributed by atoms with van der Waals surface area (Å²) >= 11 is 6.66. The summed E-state index contributed by atoms with van der Waals surface area (Å²) in [5.74, 6) is 0. The van der Waals surface area contributed by atoms with E-state index in [1.54, 1.807) is 0 Å². The van der Waals surface area contributed by atoms with Gasteiger partial charge in [-0.1, -0.05) is 67.8 Å². The van der Waals surface area contributed by atoms with Gasteiger partial charge in [-0.2, -0.15) is 0 Å². The molecule has 0 aliphatic rings. The molecule has 0 aliphatic heterocycles. The largest absolute Gasteiger partial charge is 0.303 e. The summed E-state index contributed by atoms with van der Waals surface area (Å²) in [7, 11) is 0. The van der Waals surface area contributed by atoms with Crippen molar-refractivity contribution < 1.29 is 4.79 Å². The molecule has 4 heteroatoms. The van der Waals surface area contributed by atoms with Crippen molar-refractivity contribution in [2.45, 2.75) is 5.86 Å². The molecule has 0 unspecified atom stereocenters. The number of aldehydes is 1. The predicted molar refractivity (Wildman–Crippen MR) is 55.5 cm³/mol. The minimum Gasteiger partial charge on any atom is -0.303 e. The van der Waals surface area contributed by atoms with Gasteiger partial charge in [0, 0.05) is 6.42 Å². The monoisotopic (exact) mass is 436 g/mol. The Kier molecular flexibility index (Phi) is 4.82. The van der Waals surface area contributed by atoms with Gasteiger partial charge >= 0.3 is 0 Å². The van der Waals surface area contributed by atoms with E-state index in [0.29, 0.717) is 6.42 Å². The summed E-state index contributed by atoms with van der Waals surface area (Å²) < 4.78 is 0.0923. The van der Waals surface area contributed by atoms with E-state index in [0.717, 1.165) is 6.29 Å². The molecule has 0 saturated carbocycles. The normalized spacial score (nSPS) is 11.3. The molecule has 0 aromatic heterocycles. The fourth-order valence-electron chi connectivity index (χ4n) is 0.0945. The van der Waals surface area contributed by atoms with E-state index in [2.05, 4.69) is 67.8 Å². The summed E-state index contributed by atoms with van der Waals surface area (Å²) in [5, 5.41) is 0. The van der Waals surface area contributed by atoms with E-state index in [1.165, 1.54) is 0 Å². The maximum atomic E-state index is 9.81. The van der Waals surface area contributed by atoms with Gasteiger partial charge in [-0.3, -0.25) is 0 Å². The van der Waals surface area contributed by atoms with Gasteiger partial charge in [0.15, 0.2) is 0 Å².